The van der Waals surface area contributed by atoms with Gasteiger partial charge in [-0.15, -0.1) is 0 Å². The molecule has 0 spiro atoms. The van der Waals surface area contributed by atoms with Crippen molar-refractivity contribution in [3.05, 3.63) is 23.8 Å². The number of nitrogens with zero attached hydrogens (tertiary/aromatic N) is 2. The van der Waals surface area contributed by atoms with Gasteiger partial charge < -0.3 is 4.74 Å². The Hall–Kier alpha value is -0.960. The lowest BCUT2D eigenvalue weighted by atomic mass is 10.1. The second-order valence-corrected chi connectivity index (χ2v) is 2.89. The van der Waals surface area contributed by atoms with Crippen molar-refractivity contribution < 1.29 is 4.74 Å². The van der Waals surface area contributed by atoms with Gasteiger partial charge in [-0.2, -0.15) is 0 Å². The third-order valence-electron chi connectivity index (χ3n) is 1.72. The minimum Gasteiger partial charge on any atom is -0.384 e. The molecule has 0 saturated heterocycles. The van der Waals surface area contributed by atoms with Crippen molar-refractivity contribution in [2.75, 3.05) is 13.7 Å². The quantitative estimate of drug-likeness (QED) is 0.683. The van der Waals surface area contributed by atoms with Crippen LogP contribution in [0.1, 0.15) is 24.4 Å². The molecule has 0 aliphatic heterocycles. The minimum absolute atomic E-state index is 0.344. The van der Waals surface area contributed by atoms with Crippen LogP contribution in [0.15, 0.2) is 12.3 Å². The maximum absolute atomic E-state index is 5.04. The van der Waals surface area contributed by atoms with Gasteiger partial charge in [-0.25, -0.2) is 9.97 Å². The minimum atomic E-state index is 0.344. The second-order valence-electron chi connectivity index (χ2n) is 2.89. The molecular formula is C9H14N2O. The van der Waals surface area contributed by atoms with Crippen molar-refractivity contribution in [2.45, 2.75) is 19.8 Å². The molecule has 1 aromatic heterocycles. The van der Waals surface area contributed by atoms with Gasteiger partial charge in [-0.05, 0) is 13.0 Å². The normalized spacial score (nSPS) is 12.9. The van der Waals surface area contributed by atoms with Gasteiger partial charge in [0, 0.05) is 24.9 Å². The summed E-state index contributed by atoms with van der Waals surface area (Å²) in [6.45, 7) is 4.69. The summed E-state index contributed by atoms with van der Waals surface area (Å²) in [7, 11) is 1.70. The van der Waals surface area contributed by atoms with Crippen molar-refractivity contribution in [3.63, 3.8) is 0 Å². The van der Waals surface area contributed by atoms with Crippen LogP contribution in [-0.2, 0) is 4.74 Å². The van der Waals surface area contributed by atoms with E-state index in [2.05, 4.69) is 16.9 Å². The fourth-order valence-corrected chi connectivity index (χ4v) is 1.08. The molecule has 0 fully saturated rings. The van der Waals surface area contributed by atoms with Crippen LogP contribution in [0, 0.1) is 6.92 Å². The predicted molar refractivity (Wildman–Crippen MR) is 47.1 cm³/mol. The van der Waals surface area contributed by atoms with E-state index < -0.39 is 0 Å². The SMILES string of the molecule is COCC(C)c1ccnc(C)n1. The van der Waals surface area contributed by atoms with Gasteiger partial charge in [0.1, 0.15) is 5.82 Å². The summed E-state index contributed by atoms with van der Waals surface area (Å²) in [6.07, 6.45) is 1.78. The van der Waals surface area contributed by atoms with Gasteiger partial charge in [-0.1, -0.05) is 6.92 Å². The highest BCUT2D eigenvalue weighted by Gasteiger charge is 2.05. The lowest BCUT2D eigenvalue weighted by Gasteiger charge is -2.08. The van der Waals surface area contributed by atoms with Gasteiger partial charge >= 0.3 is 0 Å². The zero-order valence-electron chi connectivity index (χ0n) is 7.74. The van der Waals surface area contributed by atoms with Crippen LogP contribution >= 0.6 is 0 Å². The van der Waals surface area contributed by atoms with E-state index in [9.17, 15) is 0 Å². The van der Waals surface area contributed by atoms with Gasteiger partial charge in [-0.3, -0.25) is 0 Å². The molecule has 3 heteroatoms. The molecule has 1 rings (SSSR count). The summed E-state index contributed by atoms with van der Waals surface area (Å²) in [5, 5.41) is 0. The van der Waals surface area contributed by atoms with Crippen molar-refractivity contribution in [3.8, 4) is 0 Å². The monoisotopic (exact) mass is 166 g/mol. The van der Waals surface area contributed by atoms with Gasteiger partial charge in [0.15, 0.2) is 0 Å². The van der Waals surface area contributed by atoms with Crippen molar-refractivity contribution in [1.82, 2.24) is 9.97 Å². The number of aryl methyl sites for hydroxylation is 1. The maximum Gasteiger partial charge on any atom is 0.125 e. The van der Waals surface area contributed by atoms with Crippen molar-refractivity contribution >= 4 is 0 Å². The molecule has 0 amide bonds. The predicted octanol–water partition coefficient (Wildman–Crippen LogP) is 1.53. The first-order chi connectivity index (χ1) is 5.74. The van der Waals surface area contributed by atoms with Gasteiger partial charge in [0.2, 0.25) is 0 Å². The fraction of sp³-hybridized carbons (Fsp3) is 0.556. The molecule has 1 aromatic rings. The number of hydrogen-bond acceptors (Lipinski definition) is 3. The Morgan fingerprint density at radius 2 is 2.33 bits per heavy atom. The highest BCUT2D eigenvalue weighted by Crippen LogP contribution is 2.11. The third-order valence-corrected chi connectivity index (χ3v) is 1.72. The molecule has 3 nitrogen and oxygen atoms in total. The Kier molecular flexibility index (Phi) is 3.17. The average molecular weight is 166 g/mol. The number of hydrogen-bond donors (Lipinski definition) is 0. The Labute approximate surface area is 72.8 Å². The van der Waals surface area contributed by atoms with Crippen LogP contribution in [0.25, 0.3) is 0 Å². The highest BCUT2D eigenvalue weighted by atomic mass is 16.5. The van der Waals surface area contributed by atoms with Crippen molar-refractivity contribution in [2.24, 2.45) is 0 Å². The number of ether oxygens (including phenoxy) is 1. The summed E-state index contributed by atoms with van der Waals surface area (Å²) in [6, 6.07) is 1.93. The van der Waals surface area contributed by atoms with Crippen LogP contribution in [0.5, 0.6) is 0 Å². The highest BCUT2D eigenvalue weighted by molar-refractivity contribution is 5.06. The van der Waals surface area contributed by atoms with Crippen molar-refractivity contribution in [1.29, 1.82) is 0 Å². The molecular weight excluding hydrogens is 152 g/mol. The topological polar surface area (TPSA) is 35.0 Å². The Morgan fingerprint density at radius 3 is 2.92 bits per heavy atom. The zero-order valence-corrected chi connectivity index (χ0v) is 7.74. The van der Waals surface area contributed by atoms with Crippen LogP contribution < -0.4 is 0 Å². The second kappa shape index (κ2) is 4.16. The number of methoxy groups -OCH3 is 1. The van der Waals surface area contributed by atoms with E-state index in [1.165, 1.54) is 0 Å². The Morgan fingerprint density at radius 1 is 1.58 bits per heavy atom. The standard InChI is InChI=1S/C9H14N2O/c1-7(6-12-3)9-4-5-10-8(2)11-9/h4-5,7H,6H2,1-3H3. The largest absolute Gasteiger partial charge is 0.384 e. The first-order valence-electron chi connectivity index (χ1n) is 4.02. The molecule has 0 radical (unpaired) electrons. The zero-order chi connectivity index (χ0) is 8.97. The molecule has 0 aliphatic rings. The summed E-state index contributed by atoms with van der Waals surface area (Å²) in [5.41, 5.74) is 1.05. The third kappa shape index (κ3) is 2.27. The van der Waals surface area contributed by atoms with E-state index in [4.69, 9.17) is 4.74 Å². The van der Waals surface area contributed by atoms with Gasteiger partial charge in [0.25, 0.3) is 0 Å². The van der Waals surface area contributed by atoms with E-state index >= 15 is 0 Å². The first kappa shape index (κ1) is 9.13. The molecule has 0 aliphatic carbocycles. The Balaban J connectivity index is 2.73. The summed E-state index contributed by atoms with van der Waals surface area (Å²) in [5.74, 6) is 1.16. The molecule has 1 heterocycles. The van der Waals surface area contributed by atoms with Crippen LogP contribution in [0.2, 0.25) is 0 Å². The number of aromatic nitrogens is 2. The summed E-state index contributed by atoms with van der Waals surface area (Å²) in [4.78, 5) is 8.33. The van der Waals surface area contributed by atoms with E-state index in [0.29, 0.717) is 12.5 Å². The molecule has 1 atom stereocenters. The van der Waals surface area contributed by atoms with E-state index in [1.807, 2.05) is 13.0 Å². The smallest absolute Gasteiger partial charge is 0.125 e. The van der Waals surface area contributed by atoms with Crippen LogP contribution in [0.3, 0.4) is 0 Å². The van der Waals surface area contributed by atoms with Crippen LogP contribution in [0.4, 0.5) is 0 Å². The number of rotatable bonds is 3. The molecule has 1 unspecified atom stereocenters. The lowest BCUT2D eigenvalue weighted by molar-refractivity contribution is 0.183. The molecule has 12 heavy (non-hydrogen) atoms. The molecule has 0 N–H and O–H groups in total. The van der Waals surface area contributed by atoms with E-state index in [-0.39, 0.29) is 0 Å². The lowest BCUT2D eigenvalue weighted by Crippen LogP contribution is -2.05. The van der Waals surface area contributed by atoms with E-state index in [1.54, 1.807) is 13.3 Å². The molecule has 0 aromatic carbocycles. The van der Waals surface area contributed by atoms with Gasteiger partial charge in [0.05, 0.1) is 6.61 Å². The first-order valence-corrected chi connectivity index (χ1v) is 4.02. The summed E-state index contributed by atoms with van der Waals surface area (Å²) < 4.78 is 5.04. The fourth-order valence-electron chi connectivity index (χ4n) is 1.08. The molecule has 66 valence electrons. The summed E-state index contributed by atoms with van der Waals surface area (Å²) >= 11 is 0. The average Bonchev–Trinajstić information content (AvgIpc) is 2.05. The molecule has 0 bridgehead atoms. The Bertz CT molecular complexity index is 250. The van der Waals surface area contributed by atoms with Crippen LogP contribution in [-0.4, -0.2) is 23.7 Å². The maximum atomic E-state index is 5.04. The molecule has 0 saturated carbocycles. The van der Waals surface area contributed by atoms with E-state index in [0.717, 1.165) is 11.5 Å².